The number of hydrogen-bond donors (Lipinski definition) is 3. The van der Waals surface area contributed by atoms with Gasteiger partial charge in [-0.05, 0) is 30.5 Å². The van der Waals surface area contributed by atoms with Crippen molar-refractivity contribution in [3.8, 4) is 0 Å². The molecule has 25 heavy (non-hydrogen) atoms. The molecule has 1 saturated heterocycles. The second-order valence-electron chi connectivity index (χ2n) is 6.05. The second-order valence-corrected chi connectivity index (χ2v) is 6.05. The molecule has 1 aliphatic rings. The number of nitrogen functional groups attached to an aromatic ring is 1. The van der Waals surface area contributed by atoms with Gasteiger partial charge in [-0.3, -0.25) is 15.0 Å². The van der Waals surface area contributed by atoms with Crippen LogP contribution in [0.2, 0.25) is 0 Å². The normalized spacial score (nSPS) is 15.9. The van der Waals surface area contributed by atoms with Crippen LogP contribution in [0.15, 0.2) is 30.5 Å². The molecule has 2 aromatic rings. The van der Waals surface area contributed by atoms with Crippen molar-refractivity contribution >= 4 is 23.1 Å². The predicted molar refractivity (Wildman–Crippen MR) is 93.3 cm³/mol. The highest BCUT2D eigenvalue weighted by molar-refractivity contribution is 5.59. The van der Waals surface area contributed by atoms with Gasteiger partial charge in [-0.25, -0.2) is 4.98 Å². The number of piperidine rings is 1. The maximum Gasteiger partial charge on any atom is 0.329 e. The Labute approximate surface area is 144 Å². The van der Waals surface area contributed by atoms with E-state index >= 15 is 0 Å². The summed E-state index contributed by atoms with van der Waals surface area (Å²) in [5, 5.41) is 23.3. The molecule has 0 unspecified atom stereocenters. The lowest BCUT2D eigenvalue weighted by Gasteiger charge is -2.29. The summed E-state index contributed by atoms with van der Waals surface area (Å²) in [6, 6.07) is 7.79. The number of aliphatic hydroxyl groups is 1. The van der Waals surface area contributed by atoms with E-state index in [9.17, 15) is 15.2 Å². The fourth-order valence-electron chi connectivity index (χ4n) is 2.80. The fourth-order valence-corrected chi connectivity index (χ4v) is 2.80. The average Bonchev–Trinajstić information content (AvgIpc) is 2.57. The van der Waals surface area contributed by atoms with E-state index in [1.165, 1.54) is 0 Å². The summed E-state index contributed by atoms with van der Waals surface area (Å²) in [5.74, 6) is 0.0341. The molecule has 1 fully saturated rings. The number of likely N-dealkylation sites (tertiary alicyclic amines) is 1. The van der Waals surface area contributed by atoms with E-state index in [2.05, 4.69) is 20.2 Å². The molecule has 0 bridgehead atoms. The van der Waals surface area contributed by atoms with Crippen molar-refractivity contribution in [2.75, 3.05) is 24.1 Å². The quantitative estimate of drug-likeness (QED) is 0.551. The van der Waals surface area contributed by atoms with Crippen molar-refractivity contribution in [2.45, 2.75) is 25.5 Å². The first-order valence-electron chi connectivity index (χ1n) is 8.04. The first-order valence-corrected chi connectivity index (χ1v) is 8.04. The first-order chi connectivity index (χ1) is 12.0. The van der Waals surface area contributed by atoms with Crippen molar-refractivity contribution < 1.29 is 10.0 Å². The molecule has 2 heterocycles. The smallest absolute Gasteiger partial charge is 0.329 e. The van der Waals surface area contributed by atoms with Crippen molar-refractivity contribution in [2.24, 2.45) is 0 Å². The van der Waals surface area contributed by atoms with Crippen molar-refractivity contribution in [1.29, 1.82) is 0 Å². The number of benzene rings is 1. The maximum absolute atomic E-state index is 10.8. The summed E-state index contributed by atoms with van der Waals surface area (Å²) in [7, 11) is 0. The Morgan fingerprint density at radius 3 is 2.84 bits per heavy atom. The molecule has 0 atom stereocenters. The molecule has 3 rings (SSSR count). The highest BCUT2D eigenvalue weighted by Crippen LogP contribution is 2.22. The van der Waals surface area contributed by atoms with Gasteiger partial charge >= 0.3 is 5.69 Å². The number of hydrogen-bond acceptors (Lipinski definition) is 8. The highest BCUT2D eigenvalue weighted by atomic mass is 16.6. The number of nitrogens with zero attached hydrogens (tertiary/aromatic N) is 4. The van der Waals surface area contributed by atoms with Crippen LogP contribution in [0.5, 0.6) is 0 Å². The number of rotatable bonds is 5. The van der Waals surface area contributed by atoms with Crippen LogP contribution in [0.4, 0.5) is 23.1 Å². The Morgan fingerprint density at radius 2 is 2.16 bits per heavy atom. The van der Waals surface area contributed by atoms with E-state index in [1.54, 1.807) is 0 Å². The standard InChI is InChI=1S/C16H20N6O3/c17-15-14(22(24)25)9-18-16(20-15)19-12-3-1-2-11(8-12)10-21-6-4-13(23)5-7-21/h1-3,8-9,13,23H,4-7,10H2,(H3,17,18,19,20). The van der Waals surface area contributed by atoms with Gasteiger partial charge in [0.2, 0.25) is 11.8 Å². The SMILES string of the molecule is Nc1nc(Nc2cccc(CN3CCC(O)CC3)c2)ncc1[N+](=O)[O-]. The summed E-state index contributed by atoms with van der Waals surface area (Å²) in [6.45, 7) is 2.55. The Balaban J connectivity index is 1.67. The van der Waals surface area contributed by atoms with Crippen LogP contribution in [0.3, 0.4) is 0 Å². The van der Waals surface area contributed by atoms with Gasteiger partial charge in [-0.2, -0.15) is 4.98 Å². The largest absolute Gasteiger partial charge is 0.393 e. The van der Waals surface area contributed by atoms with Crippen molar-refractivity contribution in [3.63, 3.8) is 0 Å². The lowest BCUT2D eigenvalue weighted by molar-refractivity contribution is -0.384. The third-order valence-electron chi connectivity index (χ3n) is 4.14. The molecule has 9 nitrogen and oxygen atoms in total. The average molecular weight is 344 g/mol. The molecule has 0 amide bonds. The Hall–Kier alpha value is -2.78. The minimum atomic E-state index is -0.616. The van der Waals surface area contributed by atoms with Crippen molar-refractivity contribution in [1.82, 2.24) is 14.9 Å². The van der Waals surface area contributed by atoms with E-state index in [1.807, 2.05) is 24.3 Å². The number of nitrogens with one attached hydrogen (secondary N) is 1. The third-order valence-corrected chi connectivity index (χ3v) is 4.14. The van der Waals surface area contributed by atoms with E-state index in [-0.39, 0.29) is 23.6 Å². The third kappa shape index (κ3) is 4.40. The van der Waals surface area contributed by atoms with Crippen LogP contribution in [-0.4, -0.2) is 44.1 Å². The van der Waals surface area contributed by atoms with Gasteiger partial charge in [0, 0.05) is 25.3 Å². The summed E-state index contributed by atoms with van der Waals surface area (Å²) in [4.78, 5) is 20.3. The lowest BCUT2D eigenvalue weighted by atomic mass is 10.1. The summed E-state index contributed by atoms with van der Waals surface area (Å²) >= 11 is 0. The fraction of sp³-hybridized carbons (Fsp3) is 0.375. The number of aromatic nitrogens is 2. The highest BCUT2D eigenvalue weighted by Gasteiger charge is 2.17. The Kier molecular flexibility index (Phi) is 5.05. The van der Waals surface area contributed by atoms with E-state index < -0.39 is 4.92 Å². The zero-order chi connectivity index (χ0) is 17.8. The molecule has 1 aromatic carbocycles. The van der Waals surface area contributed by atoms with Gasteiger partial charge in [0.05, 0.1) is 11.0 Å². The molecule has 9 heteroatoms. The zero-order valence-electron chi connectivity index (χ0n) is 13.6. The number of aliphatic hydroxyl groups excluding tert-OH is 1. The summed E-state index contributed by atoms with van der Waals surface area (Å²) < 4.78 is 0. The van der Waals surface area contributed by atoms with Gasteiger partial charge in [-0.15, -0.1) is 0 Å². The topological polar surface area (TPSA) is 130 Å². The van der Waals surface area contributed by atoms with Gasteiger partial charge in [0.1, 0.15) is 6.20 Å². The van der Waals surface area contributed by atoms with Crippen LogP contribution in [-0.2, 0) is 6.54 Å². The lowest BCUT2D eigenvalue weighted by Crippen LogP contribution is -2.35. The zero-order valence-corrected chi connectivity index (χ0v) is 13.6. The minimum absolute atomic E-state index is 0.175. The van der Waals surface area contributed by atoms with E-state index in [0.717, 1.165) is 49.9 Å². The van der Waals surface area contributed by atoms with E-state index in [4.69, 9.17) is 5.73 Å². The van der Waals surface area contributed by atoms with E-state index in [0.29, 0.717) is 0 Å². The molecule has 0 spiro atoms. The number of anilines is 3. The van der Waals surface area contributed by atoms with Gasteiger partial charge in [0.25, 0.3) is 0 Å². The molecule has 1 aromatic heterocycles. The number of nitrogens with two attached hydrogens (primary N) is 1. The predicted octanol–water partition coefficient (Wildman–Crippen LogP) is 1.67. The Morgan fingerprint density at radius 1 is 1.40 bits per heavy atom. The molecule has 0 radical (unpaired) electrons. The van der Waals surface area contributed by atoms with Gasteiger partial charge in [0.15, 0.2) is 0 Å². The second kappa shape index (κ2) is 7.41. The Bertz CT molecular complexity index is 761. The number of nitro groups is 1. The van der Waals surface area contributed by atoms with Crippen LogP contribution in [0, 0.1) is 10.1 Å². The minimum Gasteiger partial charge on any atom is -0.393 e. The molecule has 0 saturated carbocycles. The molecular formula is C16H20N6O3. The van der Waals surface area contributed by atoms with Crippen LogP contribution >= 0.6 is 0 Å². The monoisotopic (exact) mass is 344 g/mol. The van der Waals surface area contributed by atoms with Gasteiger partial charge in [-0.1, -0.05) is 12.1 Å². The molecular weight excluding hydrogens is 324 g/mol. The van der Waals surface area contributed by atoms with Crippen LogP contribution < -0.4 is 11.1 Å². The van der Waals surface area contributed by atoms with Crippen LogP contribution in [0.1, 0.15) is 18.4 Å². The molecule has 0 aliphatic carbocycles. The van der Waals surface area contributed by atoms with Crippen LogP contribution in [0.25, 0.3) is 0 Å². The van der Waals surface area contributed by atoms with Gasteiger partial charge < -0.3 is 16.2 Å². The maximum atomic E-state index is 10.8. The first kappa shape index (κ1) is 17.1. The van der Waals surface area contributed by atoms with Crippen molar-refractivity contribution in [3.05, 3.63) is 46.1 Å². The summed E-state index contributed by atoms with van der Waals surface area (Å²) in [6.07, 6.45) is 2.50. The summed E-state index contributed by atoms with van der Waals surface area (Å²) in [5.41, 5.74) is 7.17. The molecule has 132 valence electrons. The molecule has 1 aliphatic heterocycles. The molecule has 4 N–H and O–H groups in total.